The molecule has 1 N–H and O–H groups in total. The van der Waals surface area contributed by atoms with Gasteiger partial charge in [-0.2, -0.15) is 0 Å². The summed E-state index contributed by atoms with van der Waals surface area (Å²) in [6.45, 7) is 4.32. The van der Waals surface area contributed by atoms with Crippen LogP contribution >= 0.6 is 0 Å². The Morgan fingerprint density at radius 3 is 2.94 bits per heavy atom. The second kappa shape index (κ2) is 6.92. The van der Waals surface area contributed by atoms with E-state index in [1.54, 1.807) is 6.92 Å². The third kappa shape index (κ3) is 4.86. The van der Waals surface area contributed by atoms with Gasteiger partial charge in [-0.1, -0.05) is 12.1 Å². The molecular weight excluding hydrogens is 200 g/mol. The molecule has 0 heterocycles. The maximum atomic E-state index is 9.53. The van der Waals surface area contributed by atoms with Crippen LogP contribution < -0.4 is 4.74 Å². The molecule has 1 atom stereocenters. The number of aliphatic hydroxyl groups excluding tert-OH is 1. The van der Waals surface area contributed by atoms with Gasteiger partial charge in [0.1, 0.15) is 5.75 Å². The SMILES string of the molecule is CC#CCC(O)CCOc1cccc(C)c1. The molecule has 2 heteroatoms. The first-order chi connectivity index (χ1) is 7.72. The van der Waals surface area contributed by atoms with Gasteiger partial charge in [-0.3, -0.25) is 0 Å². The number of aliphatic hydroxyl groups is 1. The first-order valence-corrected chi connectivity index (χ1v) is 5.49. The fourth-order valence-electron chi connectivity index (χ4n) is 1.34. The molecule has 1 aromatic carbocycles. The minimum Gasteiger partial charge on any atom is -0.493 e. The van der Waals surface area contributed by atoms with E-state index in [9.17, 15) is 5.11 Å². The Labute approximate surface area is 97.3 Å². The molecule has 0 aromatic heterocycles. The van der Waals surface area contributed by atoms with Gasteiger partial charge in [0.2, 0.25) is 0 Å². The third-order valence-corrected chi connectivity index (χ3v) is 2.22. The van der Waals surface area contributed by atoms with Crippen molar-refractivity contribution in [3.05, 3.63) is 29.8 Å². The van der Waals surface area contributed by atoms with E-state index in [1.807, 2.05) is 31.2 Å². The molecule has 1 unspecified atom stereocenters. The summed E-state index contributed by atoms with van der Waals surface area (Å²) in [5.74, 6) is 6.47. The molecule has 1 aromatic rings. The molecule has 2 nitrogen and oxygen atoms in total. The Hall–Kier alpha value is -1.46. The molecular formula is C14H18O2. The van der Waals surface area contributed by atoms with Crippen molar-refractivity contribution in [3.8, 4) is 17.6 Å². The summed E-state index contributed by atoms with van der Waals surface area (Å²) in [4.78, 5) is 0. The van der Waals surface area contributed by atoms with Gasteiger partial charge >= 0.3 is 0 Å². The monoisotopic (exact) mass is 218 g/mol. The Balaban J connectivity index is 2.26. The maximum absolute atomic E-state index is 9.53. The van der Waals surface area contributed by atoms with Crippen molar-refractivity contribution in [1.29, 1.82) is 0 Å². The van der Waals surface area contributed by atoms with Gasteiger partial charge in [-0.15, -0.1) is 11.8 Å². The molecule has 86 valence electrons. The van der Waals surface area contributed by atoms with Gasteiger partial charge in [0.05, 0.1) is 12.7 Å². The zero-order valence-electron chi connectivity index (χ0n) is 9.86. The van der Waals surface area contributed by atoms with E-state index in [2.05, 4.69) is 11.8 Å². The highest BCUT2D eigenvalue weighted by atomic mass is 16.5. The summed E-state index contributed by atoms with van der Waals surface area (Å²) in [6, 6.07) is 7.89. The first kappa shape index (κ1) is 12.6. The van der Waals surface area contributed by atoms with Crippen LogP contribution in [0.2, 0.25) is 0 Å². The van der Waals surface area contributed by atoms with Crippen LogP contribution in [0, 0.1) is 18.8 Å². The fraction of sp³-hybridized carbons (Fsp3) is 0.429. The van der Waals surface area contributed by atoms with Crippen LogP contribution in [0.3, 0.4) is 0 Å². The maximum Gasteiger partial charge on any atom is 0.119 e. The summed E-state index contributed by atoms with van der Waals surface area (Å²) >= 11 is 0. The lowest BCUT2D eigenvalue weighted by atomic mass is 10.2. The van der Waals surface area contributed by atoms with Gasteiger partial charge in [-0.05, 0) is 31.5 Å². The highest BCUT2D eigenvalue weighted by molar-refractivity contribution is 5.27. The zero-order chi connectivity index (χ0) is 11.8. The lowest BCUT2D eigenvalue weighted by molar-refractivity contribution is 0.143. The molecule has 0 saturated carbocycles. The summed E-state index contributed by atoms with van der Waals surface area (Å²) < 4.78 is 5.53. The smallest absolute Gasteiger partial charge is 0.119 e. The molecule has 0 amide bonds. The largest absolute Gasteiger partial charge is 0.493 e. The van der Waals surface area contributed by atoms with Crippen molar-refractivity contribution in [2.24, 2.45) is 0 Å². The average Bonchev–Trinajstić information content (AvgIpc) is 2.26. The van der Waals surface area contributed by atoms with E-state index >= 15 is 0 Å². The number of hydrogen-bond acceptors (Lipinski definition) is 2. The number of benzene rings is 1. The minimum absolute atomic E-state index is 0.391. The van der Waals surface area contributed by atoms with E-state index < -0.39 is 6.10 Å². The van der Waals surface area contributed by atoms with Gasteiger partial charge in [0, 0.05) is 12.8 Å². The highest BCUT2D eigenvalue weighted by Gasteiger charge is 2.02. The molecule has 0 fully saturated rings. The van der Waals surface area contributed by atoms with E-state index in [1.165, 1.54) is 5.56 Å². The fourth-order valence-corrected chi connectivity index (χ4v) is 1.34. The van der Waals surface area contributed by atoms with Crippen molar-refractivity contribution < 1.29 is 9.84 Å². The van der Waals surface area contributed by atoms with Gasteiger partial charge in [0.25, 0.3) is 0 Å². The van der Waals surface area contributed by atoms with E-state index in [0.29, 0.717) is 19.4 Å². The lowest BCUT2D eigenvalue weighted by Crippen LogP contribution is -2.11. The summed E-state index contributed by atoms with van der Waals surface area (Å²) in [5.41, 5.74) is 1.18. The highest BCUT2D eigenvalue weighted by Crippen LogP contribution is 2.12. The first-order valence-electron chi connectivity index (χ1n) is 5.49. The number of rotatable bonds is 5. The quantitative estimate of drug-likeness (QED) is 0.770. The van der Waals surface area contributed by atoms with Crippen LogP contribution in [0.5, 0.6) is 5.75 Å². The predicted octanol–water partition coefficient (Wildman–Crippen LogP) is 2.54. The molecule has 0 spiro atoms. The summed E-state index contributed by atoms with van der Waals surface area (Å²) in [5, 5.41) is 9.53. The van der Waals surface area contributed by atoms with E-state index in [0.717, 1.165) is 5.75 Å². The number of hydrogen-bond donors (Lipinski definition) is 1. The molecule has 0 aliphatic carbocycles. The van der Waals surface area contributed by atoms with Crippen molar-refractivity contribution in [1.82, 2.24) is 0 Å². The van der Waals surface area contributed by atoms with Gasteiger partial charge in [-0.25, -0.2) is 0 Å². The molecule has 1 rings (SSSR count). The number of aryl methyl sites for hydroxylation is 1. The average molecular weight is 218 g/mol. The molecule has 0 aliphatic heterocycles. The van der Waals surface area contributed by atoms with Crippen molar-refractivity contribution in [2.75, 3.05) is 6.61 Å². The van der Waals surface area contributed by atoms with Crippen LogP contribution in [0.25, 0.3) is 0 Å². The second-order valence-electron chi connectivity index (χ2n) is 3.74. The Kier molecular flexibility index (Phi) is 5.45. The molecule has 16 heavy (non-hydrogen) atoms. The van der Waals surface area contributed by atoms with E-state index in [4.69, 9.17) is 4.74 Å². The lowest BCUT2D eigenvalue weighted by Gasteiger charge is -2.09. The molecule has 0 aliphatic rings. The molecule has 0 saturated heterocycles. The van der Waals surface area contributed by atoms with Crippen molar-refractivity contribution in [2.45, 2.75) is 32.8 Å². The normalized spacial score (nSPS) is 11.4. The van der Waals surface area contributed by atoms with Gasteiger partial charge in [0.15, 0.2) is 0 Å². The molecule has 0 radical (unpaired) electrons. The predicted molar refractivity (Wildman–Crippen MR) is 65.4 cm³/mol. The minimum atomic E-state index is -0.391. The topological polar surface area (TPSA) is 29.5 Å². The van der Waals surface area contributed by atoms with Crippen LogP contribution in [0.1, 0.15) is 25.3 Å². The molecule has 0 bridgehead atoms. The van der Waals surface area contributed by atoms with E-state index in [-0.39, 0.29) is 0 Å². The van der Waals surface area contributed by atoms with Gasteiger partial charge < -0.3 is 9.84 Å². The van der Waals surface area contributed by atoms with Crippen molar-refractivity contribution in [3.63, 3.8) is 0 Å². The summed E-state index contributed by atoms with van der Waals surface area (Å²) in [7, 11) is 0. The number of ether oxygens (including phenoxy) is 1. The zero-order valence-corrected chi connectivity index (χ0v) is 9.86. The Morgan fingerprint density at radius 2 is 2.25 bits per heavy atom. The standard InChI is InChI=1S/C14H18O2/c1-3-4-7-13(15)9-10-16-14-8-5-6-12(2)11-14/h5-6,8,11,13,15H,7,9-10H2,1-2H3. The van der Waals surface area contributed by atoms with Crippen LogP contribution in [-0.2, 0) is 0 Å². The van der Waals surface area contributed by atoms with Crippen LogP contribution in [0.15, 0.2) is 24.3 Å². The van der Waals surface area contributed by atoms with Crippen molar-refractivity contribution >= 4 is 0 Å². The Morgan fingerprint density at radius 1 is 1.44 bits per heavy atom. The second-order valence-corrected chi connectivity index (χ2v) is 3.74. The van der Waals surface area contributed by atoms with Crippen LogP contribution in [0.4, 0.5) is 0 Å². The summed E-state index contributed by atoms with van der Waals surface area (Å²) in [6.07, 6.45) is 0.744. The third-order valence-electron chi connectivity index (χ3n) is 2.22. The Bertz CT molecular complexity index is 374. The van der Waals surface area contributed by atoms with Crippen LogP contribution in [-0.4, -0.2) is 17.8 Å².